The predicted octanol–water partition coefficient (Wildman–Crippen LogP) is 3.00. The van der Waals surface area contributed by atoms with Crippen molar-refractivity contribution >= 4 is 35.7 Å². The van der Waals surface area contributed by atoms with Crippen molar-refractivity contribution in [2.45, 2.75) is 26.3 Å². The highest BCUT2D eigenvalue weighted by molar-refractivity contribution is 5.66. The SMILES string of the molecule is C=C=CC1=C(N=C=O)CC(NCC=[N+](OC(C)=O)c2ccc(C)c(N=C=O)c2)C=C1. The third-order valence-electron chi connectivity index (χ3n) is 4.17. The smallest absolute Gasteiger partial charge is 0.301 e. The molecule has 1 aliphatic carbocycles. The third-order valence-corrected chi connectivity index (χ3v) is 4.17. The maximum absolute atomic E-state index is 11.5. The van der Waals surface area contributed by atoms with Crippen LogP contribution >= 0.6 is 0 Å². The summed E-state index contributed by atoms with van der Waals surface area (Å²) in [6.07, 6.45) is 10.6. The summed E-state index contributed by atoms with van der Waals surface area (Å²) >= 11 is 0. The van der Waals surface area contributed by atoms with E-state index in [1.807, 2.05) is 12.2 Å². The molecule has 0 aromatic heterocycles. The van der Waals surface area contributed by atoms with Crippen LogP contribution in [0.25, 0.3) is 0 Å². The highest BCUT2D eigenvalue weighted by atomic mass is 16.7. The fraction of sp³-hybridized carbons (Fsp3) is 0.227. The summed E-state index contributed by atoms with van der Waals surface area (Å²) in [4.78, 5) is 45.5. The molecule has 1 N–H and O–H groups in total. The van der Waals surface area contributed by atoms with E-state index < -0.39 is 5.97 Å². The number of aliphatic imine (C=N–C) groups is 2. The topological polar surface area (TPSA) is 100 Å². The van der Waals surface area contributed by atoms with E-state index in [2.05, 4.69) is 27.6 Å². The first-order chi connectivity index (χ1) is 14.5. The molecule has 0 radical (unpaired) electrons. The van der Waals surface area contributed by atoms with Gasteiger partial charge in [0, 0.05) is 41.8 Å². The molecule has 1 atom stereocenters. The third kappa shape index (κ3) is 6.31. The number of nitrogens with one attached hydrogen (secondary N) is 1. The zero-order chi connectivity index (χ0) is 21.9. The van der Waals surface area contributed by atoms with Crippen molar-refractivity contribution in [2.24, 2.45) is 9.98 Å². The quantitative estimate of drug-likeness (QED) is 0.179. The van der Waals surface area contributed by atoms with E-state index in [9.17, 15) is 14.4 Å². The van der Waals surface area contributed by atoms with Crippen LogP contribution in [0.4, 0.5) is 11.4 Å². The van der Waals surface area contributed by atoms with Crippen molar-refractivity contribution < 1.29 is 24.0 Å². The Morgan fingerprint density at radius 2 is 2.13 bits per heavy atom. The molecule has 0 saturated carbocycles. The number of hydrogen-bond donors (Lipinski definition) is 1. The van der Waals surface area contributed by atoms with Crippen LogP contribution in [0.5, 0.6) is 0 Å². The van der Waals surface area contributed by atoms with Gasteiger partial charge in [-0.15, -0.1) is 5.73 Å². The number of isocyanates is 2. The summed E-state index contributed by atoms with van der Waals surface area (Å²) in [5, 5.41) is 3.26. The Labute approximate surface area is 174 Å². The lowest BCUT2D eigenvalue weighted by Gasteiger charge is -2.18. The van der Waals surface area contributed by atoms with E-state index in [0.717, 1.165) is 11.1 Å². The van der Waals surface area contributed by atoms with Gasteiger partial charge in [0.15, 0.2) is 0 Å². The number of nitrogens with zero attached hydrogens (tertiary/aromatic N) is 3. The molecule has 1 aromatic carbocycles. The molecule has 0 bridgehead atoms. The number of carbonyl (C=O) groups excluding carboxylic acids is 3. The first-order valence-electron chi connectivity index (χ1n) is 9.06. The van der Waals surface area contributed by atoms with Gasteiger partial charge in [0.05, 0.1) is 17.9 Å². The molecule has 8 heteroatoms. The molecule has 0 spiro atoms. The van der Waals surface area contributed by atoms with E-state index in [4.69, 9.17) is 4.84 Å². The Morgan fingerprint density at radius 1 is 1.37 bits per heavy atom. The minimum atomic E-state index is -0.504. The average molecular weight is 405 g/mol. The lowest BCUT2D eigenvalue weighted by Crippen LogP contribution is -2.32. The van der Waals surface area contributed by atoms with E-state index in [0.29, 0.717) is 30.0 Å². The van der Waals surface area contributed by atoms with E-state index in [-0.39, 0.29) is 6.04 Å². The lowest BCUT2D eigenvalue weighted by molar-refractivity contribution is -0.696. The van der Waals surface area contributed by atoms with Gasteiger partial charge >= 0.3 is 5.97 Å². The summed E-state index contributed by atoms with van der Waals surface area (Å²) in [7, 11) is 0. The molecule has 1 unspecified atom stereocenters. The van der Waals surface area contributed by atoms with Crippen LogP contribution in [0.3, 0.4) is 0 Å². The zero-order valence-electron chi connectivity index (χ0n) is 16.7. The second-order valence-corrected chi connectivity index (χ2v) is 6.30. The molecule has 0 fully saturated rings. The molecule has 0 aliphatic heterocycles. The molecule has 2 rings (SSSR count). The lowest BCUT2D eigenvalue weighted by atomic mass is 9.99. The van der Waals surface area contributed by atoms with Crippen molar-refractivity contribution in [3.8, 4) is 0 Å². The fourth-order valence-electron chi connectivity index (χ4n) is 2.78. The summed E-state index contributed by atoms with van der Waals surface area (Å²) in [6, 6.07) is 5.03. The Hall–Kier alpha value is -3.92. The fourth-order valence-corrected chi connectivity index (χ4v) is 2.78. The number of hydrogen-bond acceptors (Lipinski definition) is 7. The largest absolute Gasteiger partial charge is 0.377 e. The van der Waals surface area contributed by atoms with Crippen molar-refractivity contribution in [1.29, 1.82) is 0 Å². The van der Waals surface area contributed by atoms with Gasteiger partial charge in [0.25, 0.3) is 5.69 Å². The standard InChI is InChI=1S/C22H21N4O4/c1-4-5-18-7-8-19(12-22(18)25-15-28)23-10-11-26(30-17(3)29)20-9-6-16(2)21(13-20)24-14-27/h5-9,11,13,19,23H,1,10,12H2,2-3H3/q+1. The second-order valence-electron chi connectivity index (χ2n) is 6.30. The molecular weight excluding hydrogens is 384 g/mol. The van der Waals surface area contributed by atoms with Gasteiger partial charge in [-0.2, -0.15) is 14.8 Å². The van der Waals surface area contributed by atoms with Crippen molar-refractivity contribution in [3.05, 3.63) is 65.6 Å². The molecule has 30 heavy (non-hydrogen) atoms. The van der Waals surface area contributed by atoms with Crippen LogP contribution < -0.4 is 5.32 Å². The highest BCUT2D eigenvalue weighted by Crippen LogP contribution is 2.24. The Kier molecular flexibility index (Phi) is 8.33. The number of benzene rings is 1. The van der Waals surface area contributed by atoms with Crippen LogP contribution in [0.1, 0.15) is 18.9 Å². The number of carbonyl (C=O) groups is 1. The number of rotatable bonds is 8. The van der Waals surface area contributed by atoms with Gasteiger partial charge in [-0.1, -0.05) is 24.8 Å². The molecule has 1 aromatic rings. The van der Waals surface area contributed by atoms with Gasteiger partial charge in [-0.05, 0) is 18.6 Å². The van der Waals surface area contributed by atoms with Crippen molar-refractivity contribution in [3.63, 3.8) is 0 Å². The van der Waals surface area contributed by atoms with Crippen molar-refractivity contribution in [2.75, 3.05) is 6.54 Å². The van der Waals surface area contributed by atoms with Crippen LogP contribution in [0.2, 0.25) is 0 Å². The Balaban J connectivity index is 2.19. The van der Waals surface area contributed by atoms with Crippen LogP contribution in [-0.4, -0.2) is 41.7 Å². The van der Waals surface area contributed by atoms with E-state index >= 15 is 0 Å². The normalized spacial score (nSPS) is 15.5. The molecule has 0 amide bonds. The Morgan fingerprint density at radius 3 is 2.80 bits per heavy atom. The molecule has 0 heterocycles. The number of allylic oxidation sites excluding steroid dienone is 3. The average Bonchev–Trinajstić information content (AvgIpc) is 2.71. The Bertz CT molecular complexity index is 1060. The maximum Gasteiger partial charge on any atom is 0.377 e. The van der Waals surface area contributed by atoms with Crippen LogP contribution in [-0.2, 0) is 19.2 Å². The molecule has 152 valence electrons. The molecule has 8 nitrogen and oxygen atoms in total. The summed E-state index contributed by atoms with van der Waals surface area (Å²) < 4.78 is 1.30. The molecule has 0 saturated heterocycles. The minimum Gasteiger partial charge on any atom is -0.301 e. The predicted molar refractivity (Wildman–Crippen MR) is 111 cm³/mol. The monoisotopic (exact) mass is 405 g/mol. The van der Waals surface area contributed by atoms with Gasteiger partial charge in [0.1, 0.15) is 0 Å². The first-order valence-corrected chi connectivity index (χ1v) is 9.06. The first kappa shape index (κ1) is 22.4. The second kappa shape index (κ2) is 11.2. The summed E-state index contributed by atoms with van der Waals surface area (Å²) in [5.74, 6) is -0.504. The minimum absolute atomic E-state index is 0.0947. The maximum atomic E-state index is 11.5. The van der Waals surface area contributed by atoms with Crippen LogP contribution in [0.15, 0.2) is 70.0 Å². The zero-order valence-corrected chi connectivity index (χ0v) is 16.7. The van der Waals surface area contributed by atoms with Crippen molar-refractivity contribution in [1.82, 2.24) is 5.32 Å². The summed E-state index contributed by atoms with van der Waals surface area (Å²) in [6.45, 7) is 6.97. The number of aryl methyl sites for hydroxylation is 1. The highest BCUT2D eigenvalue weighted by Gasteiger charge is 2.18. The summed E-state index contributed by atoms with van der Waals surface area (Å²) in [5.41, 5.74) is 5.73. The van der Waals surface area contributed by atoms with Gasteiger partial charge in [-0.25, -0.2) is 14.4 Å². The van der Waals surface area contributed by atoms with Gasteiger partial charge in [-0.3, -0.25) is 0 Å². The van der Waals surface area contributed by atoms with E-state index in [1.54, 1.807) is 43.5 Å². The molecule has 1 aliphatic rings. The van der Waals surface area contributed by atoms with Gasteiger partial charge < -0.3 is 5.32 Å². The van der Waals surface area contributed by atoms with Crippen LogP contribution in [0, 0.1) is 6.92 Å². The van der Waals surface area contributed by atoms with Gasteiger partial charge in [0.2, 0.25) is 18.4 Å². The molecular formula is C22H21N4O4+. The van der Waals surface area contributed by atoms with E-state index in [1.165, 1.54) is 17.7 Å².